The highest BCUT2D eigenvalue weighted by Crippen LogP contribution is 2.29. The lowest BCUT2D eigenvalue weighted by atomic mass is 10.2. The molecule has 0 radical (unpaired) electrons. The lowest BCUT2D eigenvalue weighted by molar-refractivity contribution is 0.0968. The van der Waals surface area contributed by atoms with E-state index in [4.69, 9.17) is 17.3 Å². The predicted molar refractivity (Wildman–Crippen MR) is 80.9 cm³/mol. The molecule has 1 heterocycles. The molecule has 100 valence electrons. The molecule has 1 aromatic carbocycles. The van der Waals surface area contributed by atoms with Crippen molar-refractivity contribution >= 4 is 39.5 Å². The summed E-state index contributed by atoms with van der Waals surface area (Å²) < 4.78 is 0. The summed E-state index contributed by atoms with van der Waals surface area (Å²) in [6.07, 6.45) is 0. The van der Waals surface area contributed by atoms with Crippen molar-refractivity contribution in [1.29, 1.82) is 0 Å². The molecule has 0 spiro atoms. The number of nitrogens with two attached hydrogens (primary N) is 1. The smallest absolute Gasteiger partial charge is 0.263 e. The molecule has 0 unspecified atom stereocenters. The number of hydrogen-bond donors (Lipinski definition) is 3. The monoisotopic (exact) mass is 295 g/mol. The van der Waals surface area contributed by atoms with Crippen molar-refractivity contribution < 1.29 is 4.79 Å². The highest BCUT2D eigenvalue weighted by atomic mass is 35.5. The Morgan fingerprint density at radius 2 is 2.16 bits per heavy atom. The summed E-state index contributed by atoms with van der Waals surface area (Å²) in [7, 11) is 1.58. The number of halogens is 1. The van der Waals surface area contributed by atoms with E-state index in [1.807, 2.05) is 24.3 Å². The SMILES string of the molecule is CNC(=O)c1sc(NCc2ccccc2Cl)cc1N. The molecule has 0 aliphatic carbocycles. The normalized spacial score (nSPS) is 10.2. The summed E-state index contributed by atoms with van der Waals surface area (Å²) in [5, 5.41) is 7.33. The van der Waals surface area contributed by atoms with Gasteiger partial charge in [-0.15, -0.1) is 11.3 Å². The van der Waals surface area contributed by atoms with Crippen molar-refractivity contribution in [2.75, 3.05) is 18.1 Å². The molecule has 0 fully saturated rings. The Labute approximate surface area is 120 Å². The summed E-state index contributed by atoms with van der Waals surface area (Å²) in [5.74, 6) is -0.173. The number of benzene rings is 1. The van der Waals surface area contributed by atoms with E-state index in [0.717, 1.165) is 10.6 Å². The molecule has 0 aliphatic rings. The average molecular weight is 296 g/mol. The molecule has 1 amide bonds. The van der Waals surface area contributed by atoms with Crippen LogP contribution in [0.25, 0.3) is 0 Å². The number of carbonyl (C=O) groups excluding carboxylic acids is 1. The molecule has 4 N–H and O–H groups in total. The van der Waals surface area contributed by atoms with Crippen molar-refractivity contribution in [3.8, 4) is 0 Å². The van der Waals surface area contributed by atoms with Gasteiger partial charge in [-0.1, -0.05) is 29.8 Å². The van der Waals surface area contributed by atoms with Crippen LogP contribution in [0.1, 0.15) is 15.2 Å². The fraction of sp³-hybridized carbons (Fsp3) is 0.154. The van der Waals surface area contributed by atoms with E-state index in [0.29, 0.717) is 22.1 Å². The standard InChI is InChI=1S/C13H14ClN3OS/c1-16-13(18)12-10(15)6-11(19-12)17-7-8-4-2-3-5-9(8)14/h2-6,17H,7,15H2,1H3,(H,16,18). The third-order valence-electron chi connectivity index (χ3n) is 2.61. The first-order valence-electron chi connectivity index (χ1n) is 5.70. The second-order valence-corrected chi connectivity index (χ2v) is 5.38. The lowest BCUT2D eigenvalue weighted by Crippen LogP contribution is -2.17. The van der Waals surface area contributed by atoms with Crippen LogP contribution in [0.4, 0.5) is 10.7 Å². The van der Waals surface area contributed by atoms with Gasteiger partial charge < -0.3 is 16.4 Å². The molecule has 2 aromatic rings. The van der Waals surface area contributed by atoms with Crippen LogP contribution in [-0.4, -0.2) is 13.0 Å². The van der Waals surface area contributed by atoms with E-state index in [-0.39, 0.29) is 5.91 Å². The topological polar surface area (TPSA) is 67.2 Å². The molecule has 4 nitrogen and oxygen atoms in total. The zero-order valence-corrected chi connectivity index (χ0v) is 11.9. The van der Waals surface area contributed by atoms with Crippen molar-refractivity contribution in [3.63, 3.8) is 0 Å². The van der Waals surface area contributed by atoms with Gasteiger partial charge in [-0.05, 0) is 17.7 Å². The second kappa shape index (κ2) is 5.95. The fourth-order valence-electron chi connectivity index (χ4n) is 1.61. The van der Waals surface area contributed by atoms with Gasteiger partial charge in [0.2, 0.25) is 0 Å². The number of amides is 1. The van der Waals surface area contributed by atoms with E-state index < -0.39 is 0 Å². The molecule has 6 heteroatoms. The van der Waals surface area contributed by atoms with Crippen LogP contribution in [0.2, 0.25) is 5.02 Å². The average Bonchev–Trinajstić information content (AvgIpc) is 2.78. The Hall–Kier alpha value is -1.72. The van der Waals surface area contributed by atoms with Gasteiger partial charge in [-0.25, -0.2) is 0 Å². The lowest BCUT2D eigenvalue weighted by Gasteiger charge is -2.05. The minimum absolute atomic E-state index is 0.173. The van der Waals surface area contributed by atoms with Crippen LogP contribution in [0.15, 0.2) is 30.3 Å². The number of thiophene rings is 1. The van der Waals surface area contributed by atoms with Crippen LogP contribution in [0, 0.1) is 0 Å². The van der Waals surface area contributed by atoms with E-state index in [1.54, 1.807) is 13.1 Å². The van der Waals surface area contributed by atoms with E-state index in [2.05, 4.69) is 10.6 Å². The molecule has 0 aliphatic heterocycles. The molecular weight excluding hydrogens is 282 g/mol. The van der Waals surface area contributed by atoms with Gasteiger partial charge in [0.05, 0.1) is 10.7 Å². The van der Waals surface area contributed by atoms with Gasteiger partial charge in [0.25, 0.3) is 5.91 Å². The van der Waals surface area contributed by atoms with Crippen LogP contribution in [0.5, 0.6) is 0 Å². The molecule has 0 bridgehead atoms. The number of anilines is 2. The van der Waals surface area contributed by atoms with Gasteiger partial charge in [-0.3, -0.25) is 4.79 Å². The van der Waals surface area contributed by atoms with Gasteiger partial charge in [0.15, 0.2) is 0 Å². The molecule has 0 saturated heterocycles. The summed E-state index contributed by atoms with van der Waals surface area (Å²) >= 11 is 7.40. The maximum atomic E-state index is 11.5. The number of hydrogen-bond acceptors (Lipinski definition) is 4. The second-order valence-electron chi connectivity index (χ2n) is 3.92. The van der Waals surface area contributed by atoms with Crippen molar-refractivity contribution in [1.82, 2.24) is 5.32 Å². The van der Waals surface area contributed by atoms with Crippen LogP contribution < -0.4 is 16.4 Å². The molecule has 0 saturated carbocycles. The first-order valence-corrected chi connectivity index (χ1v) is 6.90. The summed E-state index contributed by atoms with van der Waals surface area (Å²) in [6.45, 7) is 0.590. The molecule has 2 rings (SSSR count). The number of nitrogens with one attached hydrogen (secondary N) is 2. The highest BCUT2D eigenvalue weighted by molar-refractivity contribution is 7.18. The Morgan fingerprint density at radius 1 is 1.42 bits per heavy atom. The Balaban J connectivity index is 2.09. The predicted octanol–water partition coefficient (Wildman–Crippen LogP) is 2.96. The quantitative estimate of drug-likeness (QED) is 0.812. The maximum absolute atomic E-state index is 11.5. The van der Waals surface area contributed by atoms with Crippen LogP contribution >= 0.6 is 22.9 Å². The fourth-order valence-corrected chi connectivity index (χ4v) is 2.73. The van der Waals surface area contributed by atoms with E-state index in [9.17, 15) is 4.79 Å². The summed E-state index contributed by atoms with van der Waals surface area (Å²) in [4.78, 5) is 12.1. The molecule has 1 aromatic heterocycles. The zero-order chi connectivity index (χ0) is 13.8. The minimum atomic E-state index is -0.173. The van der Waals surface area contributed by atoms with Gasteiger partial charge in [0, 0.05) is 18.6 Å². The van der Waals surface area contributed by atoms with Gasteiger partial charge in [-0.2, -0.15) is 0 Å². The van der Waals surface area contributed by atoms with Crippen molar-refractivity contribution in [2.24, 2.45) is 0 Å². The Bertz CT molecular complexity index is 597. The van der Waals surface area contributed by atoms with Crippen molar-refractivity contribution in [2.45, 2.75) is 6.54 Å². The summed E-state index contributed by atoms with van der Waals surface area (Å²) in [5.41, 5.74) is 7.28. The van der Waals surface area contributed by atoms with Gasteiger partial charge in [0.1, 0.15) is 4.88 Å². The molecule has 0 atom stereocenters. The van der Waals surface area contributed by atoms with E-state index >= 15 is 0 Å². The largest absolute Gasteiger partial charge is 0.397 e. The first kappa shape index (κ1) is 13.7. The molecule has 19 heavy (non-hydrogen) atoms. The maximum Gasteiger partial charge on any atom is 0.263 e. The Morgan fingerprint density at radius 3 is 2.84 bits per heavy atom. The first-order chi connectivity index (χ1) is 9.11. The third kappa shape index (κ3) is 3.19. The van der Waals surface area contributed by atoms with Gasteiger partial charge >= 0.3 is 0 Å². The minimum Gasteiger partial charge on any atom is -0.397 e. The summed E-state index contributed by atoms with van der Waals surface area (Å²) in [6, 6.07) is 9.37. The highest BCUT2D eigenvalue weighted by Gasteiger charge is 2.12. The number of nitrogen functional groups attached to an aromatic ring is 1. The number of rotatable bonds is 4. The zero-order valence-electron chi connectivity index (χ0n) is 10.4. The number of carbonyl (C=O) groups is 1. The third-order valence-corrected chi connectivity index (χ3v) is 4.08. The molecular formula is C13H14ClN3OS. The van der Waals surface area contributed by atoms with E-state index in [1.165, 1.54) is 11.3 Å². The van der Waals surface area contributed by atoms with Crippen molar-refractivity contribution in [3.05, 3.63) is 45.8 Å². The van der Waals surface area contributed by atoms with Crippen LogP contribution in [-0.2, 0) is 6.54 Å². The Kier molecular flexibility index (Phi) is 4.29. The van der Waals surface area contributed by atoms with Crippen LogP contribution in [0.3, 0.4) is 0 Å².